The number of aliphatic hydroxyl groups is 1. The lowest BCUT2D eigenvalue weighted by molar-refractivity contribution is 0.222. The summed E-state index contributed by atoms with van der Waals surface area (Å²) in [6.07, 6.45) is 2.52. The van der Waals surface area contributed by atoms with Crippen molar-refractivity contribution in [2.24, 2.45) is 0 Å². The molecular weight excluding hydrogens is 252 g/mol. The molecule has 0 aliphatic heterocycles. The van der Waals surface area contributed by atoms with Gasteiger partial charge in [0.05, 0.1) is 17.4 Å². The molecule has 2 rings (SSSR count). The van der Waals surface area contributed by atoms with Crippen molar-refractivity contribution in [2.75, 3.05) is 0 Å². The van der Waals surface area contributed by atoms with E-state index >= 15 is 0 Å². The summed E-state index contributed by atoms with van der Waals surface area (Å²) in [5.41, 5.74) is 0.781. The van der Waals surface area contributed by atoms with Gasteiger partial charge in [0.1, 0.15) is 6.10 Å². The third-order valence-corrected chi connectivity index (χ3v) is 3.68. The number of rotatable bonds is 2. The molecule has 0 spiro atoms. The highest BCUT2D eigenvalue weighted by atomic mass is 79.9. The van der Waals surface area contributed by atoms with Gasteiger partial charge in [0.15, 0.2) is 0 Å². The van der Waals surface area contributed by atoms with Crippen LogP contribution in [0.5, 0.6) is 0 Å². The highest BCUT2D eigenvalue weighted by Crippen LogP contribution is 2.32. The van der Waals surface area contributed by atoms with E-state index in [9.17, 15) is 5.11 Å². The van der Waals surface area contributed by atoms with Crippen LogP contribution in [0.4, 0.5) is 0 Å². The van der Waals surface area contributed by atoms with E-state index in [-0.39, 0.29) is 0 Å². The second-order valence-corrected chi connectivity index (χ2v) is 4.39. The van der Waals surface area contributed by atoms with Gasteiger partial charge in [-0.05, 0) is 33.4 Å². The summed E-state index contributed by atoms with van der Waals surface area (Å²) in [5, 5.41) is 11.8. The van der Waals surface area contributed by atoms with E-state index in [1.807, 2.05) is 11.4 Å². The monoisotopic (exact) mass is 258 g/mol. The maximum Gasteiger partial charge on any atom is 0.117 e. The molecule has 0 fully saturated rings. The van der Waals surface area contributed by atoms with Crippen LogP contribution in [0.25, 0.3) is 0 Å². The fourth-order valence-corrected chi connectivity index (χ4v) is 2.68. The van der Waals surface area contributed by atoms with Crippen molar-refractivity contribution in [3.8, 4) is 0 Å². The average Bonchev–Trinajstić information content (AvgIpc) is 2.72. The topological polar surface area (TPSA) is 33.4 Å². The molecule has 2 nitrogen and oxygen atoms in total. The van der Waals surface area contributed by atoms with Gasteiger partial charge in [-0.15, -0.1) is 11.3 Å². The Balaban J connectivity index is 2.33. The average molecular weight is 259 g/mol. The molecule has 0 saturated heterocycles. The Morgan fingerprint density at radius 3 is 2.85 bits per heavy atom. The summed E-state index contributed by atoms with van der Waals surface area (Å²) < 4.78 is 5.84. The Morgan fingerprint density at radius 1 is 1.46 bits per heavy atom. The van der Waals surface area contributed by atoms with Crippen molar-refractivity contribution in [1.29, 1.82) is 0 Å². The van der Waals surface area contributed by atoms with Crippen molar-refractivity contribution >= 4 is 27.3 Å². The Kier molecular flexibility index (Phi) is 2.53. The van der Waals surface area contributed by atoms with Crippen molar-refractivity contribution < 1.29 is 9.52 Å². The van der Waals surface area contributed by atoms with Crippen LogP contribution in [0.3, 0.4) is 0 Å². The van der Waals surface area contributed by atoms with Crippen LogP contribution in [-0.4, -0.2) is 5.11 Å². The standard InChI is InChI=1S/C9H7BrO2S/c10-7-2-4-13-9(7)8(11)6-1-3-12-5-6/h1-5,8,11H/t8-/m0/s1. The van der Waals surface area contributed by atoms with Crippen molar-refractivity contribution in [1.82, 2.24) is 0 Å². The number of halogens is 1. The third-order valence-electron chi connectivity index (χ3n) is 1.75. The van der Waals surface area contributed by atoms with Gasteiger partial charge >= 0.3 is 0 Å². The zero-order chi connectivity index (χ0) is 9.26. The first kappa shape index (κ1) is 8.99. The summed E-state index contributed by atoms with van der Waals surface area (Å²) in [6, 6.07) is 3.68. The SMILES string of the molecule is O[C@@H](c1ccoc1)c1sccc1Br. The summed E-state index contributed by atoms with van der Waals surface area (Å²) in [4.78, 5) is 0.904. The van der Waals surface area contributed by atoms with E-state index < -0.39 is 6.10 Å². The number of hydrogen-bond acceptors (Lipinski definition) is 3. The minimum absolute atomic E-state index is 0.590. The van der Waals surface area contributed by atoms with Gasteiger partial charge < -0.3 is 9.52 Å². The van der Waals surface area contributed by atoms with Crippen LogP contribution in [0.15, 0.2) is 38.9 Å². The van der Waals surface area contributed by atoms with Gasteiger partial charge in [-0.2, -0.15) is 0 Å². The molecule has 1 atom stereocenters. The van der Waals surface area contributed by atoms with E-state index in [0.717, 1.165) is 14.9 Å². The maximum atomic E-state index is 9.87. The van der Waals surface area contributed by atoms with Crippen LogP contribution in [-0.2, 0) is 0 Å². The van der Waals surface area contributed by atoms with Crippen LogP contribution in [0.2, 0.25) is 0 Å². The minimum Gasteiger partial charge on any atom is -0.472 e. The lowest BCUT2D eigenvalue weighted by Crippen LogP contribution is -1.95. The quantitative estimate of drug-likeness (QED) is 0.898. The Hall–Kier alpha value is -0.580. The summed E-state index contributed by atoms with van der Waals surface area (Å²) in [7, 11) is 0. The van der Waals surface area contributed by atoms with E-state index in [2.05, 4.69) is 15.9 Å². The Bertz CT molecular complexity index is 380. The maximum absolute atomic E-state index is 9.87. The van der Waals surface area contributed by atoms with Gasteiger partial charge in [-0.1, -0.05) is 0 Å². The van der Waals surface area contributed by atoms with E-state index in [1.165, 1.54) is 11.3 Å². The van der Waals surface area contributed by atoms with Gasteiger partial charge in [0.25, 0.3) is 0 Å². The largest absolute Gasteiger partial charge is 0.472 e. The van der Waals surface area contributed by atoms with Gasteiger partial charge in [0.2, 0.25) is 0 Å². The molecule has 0 aromatic carbocycles. The second-order valence-electron chi connectivity index (χ2n) is 2.59. The third kappa shape index (κ3) is 1.70. The molecule has 2 aromatic rings. The van der Waals surface area contributed by atoms with E-state index in [0.29, 0.717) is 0 Å². The molecule has 0 saturated carbocycles. The number of aliphatic hydroxyl groups excluding tert-OH is 1. The fourth-order valence-electron chi connectivity index (χ4n) is 1.08. The highest BCUT2D eigenvalue weighted by Gasteiger charge is 2.15. The molecule has 2 aromatic heterocycles. The molecule has 0 amide bonds. The zero-order valence-electron chi connectivity index (χ0n) is 6.61. The zero-order valence-corrected chi connectivity index (χ0v) is 9.01. The molecule has 68 valence electrons. The molecule has 4 heteroatoms. The molecule has 1 N–H and O–H groups in total. The van der Waals surface area contributed by atoms with Gasteiger partial charge in [-0.3, -0.25) is 0 Å². The predicted octanol–water partition coefficient (Wildman–Crippen LogP) is 3.19. The first-order valence-corrected chi connectivity index (χ1v) is 5.39. The summed E-state index contributed by atoms with van der Waals surface area (Å²) in [5.74, 6) is 0. The first-order chi connectivity index (χ1) is 6.29. The first-order valence-electron chi connectivity index (χ1n) is 3.72. The van der Waals surface area contributed by atoms with Crippen molar-refractivity contribution in [3.05, 3.63) is 45.0 Å². The lowest BCUT2D eigenvalue weighted by atomic mass is 10.2. The van der Waals surface area contributed by atoms with Crippen molar-refractivity contribution in [3.63, 3.8) is 0 Å². The normalized spacial score (nSPS) is 13.1. The molecule has 2 heterocycles. The van der Waals surface area contributed by atoms with Crippen LogP contribution < -0.4 is 0 Å². The van der Waals surface area contributed by atoms with Crippen LogP contribution in [0.1, 0.15) is 16.5 Å². The fraction of sp³-hybridized carbons (Fsp3) is 0.111. The highest BCUT2D eigenvalue weighted by molar-refractivity contribution is 9.10. The Morgan fingerprint density at radius 2 is 2.31 bits per heavy atom. The predicted molar refractivity (Wildman–Crippen MR) is 54.8 cm³/mol. The van der Waals surface area contributed by atoms with Crippen LogP contribution >= 0.6 is 27.3 Å². The van der Waals surface area contributed by atoms with Gasteiger partial charge in [-0.25, -0.2) is 0 Å². The van der Waals surface area contributed by atoms with E-state index in [4.69, 9.17) is 4.42 Å². The molecule has 13 heavy (non-hydrogen) atoms. The minimum atomic E-state index is -0.590. The smallest absolute Gasteiger partial charge is 0.117 e. The molecule has 0 aliphatic rings. The molecule has 0 aliphatic carbocycles. The summed E-state index contributed by atoms with van der Waals surface area (Å²) >= 11 is 4.89. The molecular formula is C9H7BrO2S. The molecule has 0 unspecified atom stereocenters. The number of hydrogen-bond donors (Lipinski definition) is 1. The van der Waals surface area contributed by atoms with Crippen LogP contribution in [0, 0.1) is 0 Å². The second kappa shape index (κ2) is 3.65. The van der Waals surface area contributed by atoms with E-state index in [1.54, 1.807) is 18.6 Å². The molecule has 0 bridgehead atoms. The number of furan rings is 1. The Labute approximate surface area is 87.9 Å². The summed E-state index contributed by atoms with van der Waals surface area (Å²) in [6.45, 7) is 0. The molecule has 0 radical (unpaired) electrons. The van der Waals surface area contributed by atoms with Crippen molar-refractivity contribution in [2.45, 2.75) is 6.10 Å². The lowest BCUT2D eigenvalue weighted by Gasteiger charge is -2.05. The number of thiophene rings is 1. The van der Waals surface area contributed by atoms with Gasteiger partial charge in [0, 0.05) is 10.0 Å².